The Hall–Kier alpha value is -3.17. The zero-order chi connectivity index (χ0) is 21.5. The number of aliphatic hydroxyl groups excluding tert-OH is 1. The number of amides is 2. The maximum atomic E-state index is 11.7. The van der Waals surface area contributed by atoms with E-state index >= 15 is 0 Å². The minimum absolute atomic E-state index is 0.0745. The molecule has 3 rings (SSSR count). The molecule has 1 aliphatic rings. The predicted octanol–water partition coefficient (Wildman–Crippen LogP) is 2.01. The minimum atomic E-state index is -0.394. The van der Waals surface area contributed by atoms with Crippen LogP contribution in [0.1, 0.15) is 25.1 Å². The average Bonchev–Trinajstić information content (AvgIpc) is 3.24. The largest absolute Gasteiger partial charge is 0.395 e. The number of nitrogens with zero attached hydrogens (tertiary/aromatic N) is 2. The van der Waals surface area contributed by atoms with Gasteiger partial charge in [-0.25, -0.2) is 9.79 Å². The van der Waals surface area contributed by atoms with Gasteiger partial charge in [-0.15, -0.1) is 0 Å². The highest BCUT2D eigenvalue weighted by molar-refractivity contribution is 6.09. The van der Waals surface area contributed by atoms with Crippen molar-refractivity contribution in [2.24, 2.45) is 4.99 Å². The first-order valence-corrected chi connectivity index (χ1v) is 9.94. The summed E-state index contributed by atoms with van der Waals surface area (Å²) < 4.78 is 5.83. The van der Waals surface area contributed by atoms with Gasteiger partial charge in [-0.2, -0.15) is 0 Å². The lowest BCUT2D eigenvalue weighted by molar-refractivity contribution is -0.0478. The van der Waals surface area contributed by atoms with Crippen LogP contribution < -0.4 is 10.6 Å². The summed E-state index contributed by atoms with van der Waals surface area (Å²) in [5, 5.41) is 22.4. The molecule has 9 heteroatoms. The van der Waals surface area contributed by atoms with Crippen LogP contribution in [0.5, 0.6) is 0 Å². The van der Waals surface area contributed by atoms with Gasteiger partial charge in [0.1, 0.15) is 0 Å². The van der Waals surface area contributed by atoms with Gasteiger partial charge in [-0.3, -0.25) is 5.41 Å². The summed E-state index contributed by atoms with van der Waals surface area (Å²) in [6, 6.07) is 10.4. The second-order valence-corrected chi connectivity index (χ2v) is 7.21. The van der Waals surface area contributed by atoms with Crippen LogP contribution in [0.3, 0.4) is 0 Å². The number of urea groups is 1. The van der Waals surface area contributed by atoms with Gasteiger partial charge in [-0.05, 0) is 50.2 Å². The van der Waals surface area contributed by atoms with Gasteiger partial charge in [0.2, 0.25) is 0 Å². The van der Waals surface area contributed by atoms with Crippen molar-refractivity contribution in [3.8, 4) is 0 Å². The van der Waals surface area contributed by atoms with Crippen LogP contribution in [0.4, 0.5) is 10.5 Å². The Labute approximate surface area is 175 Å². The highest BCUT2D eigenvalue weighted by atomic mass is 16.5. The van der Waals surface area contributed by atoms with E-state index in [1.807, 2.05) is 32.2 Å². The normalized spacial score (nSPS) is 19.4. The number of nitrogens with one attached hydrogen (secondary N) is 4. The van der Waals surface area contributed by atoms with Crippen LogP contribution in [0.2, 0.25) is 0 Å². The smallest absolute Gasteiger partial charge is 0.319 e. The van der Waals surface area contributed by atoms with Crippen molar-refractivity contribution < 1.29 is 14.6 Å². The number of aromatic nitrogens is 1. The fourth-order valence-corrected chi connectivity index (χ4v) is 3.35. The molecule has 0 spiro atoms. The molecule has 30 heavy (non-hydrogen) atoms. The molecule has 0 radical (unpaired) electrons. The zero-order valence-corrected chi connectivity index (χ0v) is 17.2. The number of carbonyl (C=O) groups is 1. The summed E-state index contributed by atoms with van der Waals surface area (Å²) in [5.74, 6) is 0.834. The number of aromatic amines is 1. The summed E-state index contributed by atoms with van der Waals surface area (Å²) in [6.07, 6.45) is 1.99. The van der Waals surface area contributed by atoms with E-state index in [0.717, 1.165) is 5.69 Å². The molecule has 5 N–H and O–H groups in total. The topological polar surface area (TPSA) is 126 Å². The molecule has 0 unspecified atom stereocenters. The molecule has 160 valence electrons. The minimum Gasteiger partial charge on any atom is -0.395 e. The van der Waals surface area contributed by atoms with Crippen molar-refractivity contribution in [3.05, 3.63) is 53.9 Å². The van der Waals surface area contributed by atoms with Gasteiger partial charge >= 0.3 is 6.03 Å². The number of aliphatic hydroxyl groups is 1. The fraction of sp³-hybridized carbons (Fsp3) is 0.381. The third kappa shape index (κ3) is 5.68. The van der Waals surface area contributed by atoms with Gasteiger partial charge in [0.15, 0.2) is 11.7 Å². The fourth-order valence-electron chi connectivity index (χ4n) is 3.35. The Balaban J connectivity index is 1.76. The first kappa shape index (κ1) is 21.5. The molecular formula is C21H28N6O3. The van der Waals surface area contributed by atoms with Gasteiger partial charge in [0.05, 0.1) is 24.5 Å². The number of amidine groups is 2. The molecular weight excluding hydrogens is 384 g/mol. The van der Waals surface area contributed by atoms with Crippen LogP contribution in [0.15, 0.2) is 47.6 Å². The molecule has 1 aromatic heterocycles. The van der Waals surface area contributed by atoms with Crippen molar-refractivity contribution in [1.82, 2.24) is 15.2 Å². The molecule has 1 saturated heterocycles. The van der Waals surface area contributed by atoms with Crippen molar-refractivity contribution in [2.45, 2.75) is 26.1 Å². The number of hydrogen-bond donors (Lipinski definition) is 5. The molecule has 2 amide bonds. The summed E-state index contributed by atoms with van der Waals surface area (Å²) >= 11 is 0. The number of carbonyl (C=O) groups excluding carboxylic acids is 1. The Morgan fingerprint density at radius 2 is 1.97 bits per heavy atom. The van der Waals surface area contributed by atoms with E-state index in [0.29, 0.717) is 30.2 Å². The van der Waals surface area contributed by atoms with E-state index in [4.69, 9.17) is 15.3 Å². The van der Waals surface area contributed by atoms with Crippen molar-refractivity contribution in [1.29, 1.82) is 5.41 Å². The molecule has 1 fully saturated rings. The van der Waals surface area contributed by atoms with E-state index in [2.05, 4.69) is 25.5 Å². The average molecular weight is 412 g/mol. The Bertz CT molecular complexity index is 869. The van der Waals surface area contributed by atoms with Crippen molar-refractivity contribution in [3.63, 3.8) is 0 Å². The van der Waals surface area contributed by atoms with Crippen LogP contribution in [-0.2, 0) is 4.74 Å². The van der Waals surface area contributed by atoms with Crippen molar-refractivity contribution >= 4 is 23.4 Å². The van der Waals surface area contributed by atoms with Gasteiger partial charge in [0, 0.05) is 37.1 Å². The van der Waals surface area contributed by atoms with E-state index in [1.165, 1.54) is 0 Å². The number of H-pyrrole nitrogens is 1. The lowest BCUT2D eigenvalue weighted by Gasteiger charge is -2.37. The SMILES string of the molecule is C[C@@H]1CN(C(=NC(=N)c2ccc(NC(=O)NCCO)cc2)c2ccc[nH]2)C[C@H](C)O1. The number of hydrogen-bond acceptors (Lipinski definition) is 4. The maximum Gasteiger partial charge on any atom is 0.319 e. The summed E-state index contributed by atoms with van der Waals surface area (Å²) in [6.45, 7) is 5.52. The van der Waals surface area contributed by atoms with E-state index in [1.54, 1.807) is 24.3 Å². The monoisotopic (exact) mass is 412 g/mol. The molecule has 0 bridgehead atoms. The highest BCUT2D eigenvalue weighted by Gasteiger charge is 2.26. The second kappa shape index (κ2) is 10.0. The van der Waals surface area contributed by atoms with Crippen LogP contribution in [-0.4, -0.2) is 71.1 Å². The Kier molecular flexibility index (Phi) is 7.21. The predicted molar refractivity (Wildman–Crippen MR) is 116 cm³/mol. The number of morpholine rings is 1. The third-order valence-electron chi connectivity index (χ3n) is 4.59. The molecule has 0 aliphatic carbocycles. The summed E-state index contributed by atoms with van der Waals surface area (Å²) in [5.41, 5.74) is 2.07. The van der Waals surface area contributed by atoms with E-state index in [-0.39, 0.29) is 31.2 Å². The van der Waals surface area contributed by atoms with Crippen LogP contribution in [0, 0.1) is 5.41 Å². The van der Waals surface area contributed by atoms with E-state index in [9.17, 15) is 4.79 Å². The lowest BCUT2D eigenvalue weighted by atomic mass is 10.2. The molecule has 2 aromatic rings. The van der Waals surface area contributed by atoms with Gasteiger partial charge in [0.25, 0.3) is 0 Å². The zero-order valence-electron chi connectivity index (χ0n) is 17.2. The molecule has 1 aliphatic heterocycles. The van der Waals surface area contributed by atoms with Crippen molar-refractivity contribution in [2.75, 3.05) is 31.6 Å². The highest BCUT2D eigenvalue weighted by Crippen LogP contribution is 2.16. The van der Waals surface area contributed by atoms with Gasteiger partial charge in [-0.1, -0.05) is 0 Å². The lowest BCUT2D eigenvalue weighted by Crippen LogP contribution is -2.48. The molecule has 0 saturated carbocycles. The van der Waals surface area contributed by atoms with Crippen LogP contribution in [0.25, 0.3) is 0 Å². The maximum absolute atomic E-state index is 11.7. The first-order valence-electron chi connectivity index (χ1n) is 9.94. The Morgan fingerprint density at radius 1 is 1.27 bits per heavy atom. The van der Waals surface area contributed by atoms with Gasteiger partial charge < -0.3 is 30.4 Å². The first-order chi connectivity index (χ1) is 14.5. The molecule has 1 aromatic carbocycles. The summed E-state index contributed by atoms with van der Waals surface area (Å²) in [7, 11) is 0. The van der Waals surface area contributed by atoms with E-state index < -0.39 is 6.03 Å². The third-order valence-corrected chi connectivity index (χ3v) is 4.59. The number of ether oxygens (including phenoxy) is 1. The number of anilines is 1. The Morgan fingerprint density at radius 3 is 2.57 bits per heavy atom. The number of benzene rings is 1. The molecule has 9 nitrogen and oxygen atoms in total. The van der Waals surface area contributed by atoms with Crippen LogP contribution >= 0.6 is 0 Å². The molecule has 2 atom stereocenters. The molecule has 2 heterocycles. The number of rotatable bonds is 5. The quantitative estimate of drug-likeness (QED) is 0.380. The number of aliphatic imine (C=N–C) groups is 1. The standard InChI is InChI=1S/C21H28N6O3/c1-14-12-27(13-15(2)30-14)20(18-4-3-9-23-18)26-19(22)16-5-7-17(8-6-16)25-21(29)24-10-11-28/h3-9,14-15,22-23,28H,10-13H2,1-2H3,(H2,24,25,29)/t14-,15+. The second-order valence-electron chi connectivity index (χ2n) is 7.21. The summed E-state index contributed by atoms with van der Waals surface area (Å²) in [4.78, 5) is 21.6.